The van der Waals surface area contributed by atoms with Gasteiger partial charge in [0, 0.05) is 11.3 Å². The summed E-state index contributed by atoms with van der Waals surface area (Å²) >= 11 is 1.63. The number of hydrogen-bond acceptors (Lipinski definition) is 6. The van der Waals surface area contributed by atoms with Crippen molar-refractivity contribution in [3.63, 3.8) is 0 Å². The van der Waals surface area contributed by atoms with Gasteiger partial charge in [0.2, 0.25) is 11.8 Å². The third kappa shape index (κ3) is 3.53. The number of carbonyl (C=O) groups is 3. The maximum Gasteiger partial charge on any atom is 0.311 e. The SMILES string of the molecule is CCCCCNC(=O)C1N([C@@H](CC)CO)C(=O)[C@@H]2[C@@H](C(=O)OCC)[C@@]3(C)CCC12S3. The Morgan fingerprint density at radius 1 is 1.30 bits per heavy atom. The van der Waals surface area contributed by atoms with Crippen molar-refractivity contribution in [1.82, 2.24) is 10.2 Å². The molecule has 0 aromatic rings. The van der Waals surface area contributed by atoms with Gasteiger partial charge in [-0.25, -0.2) is 0 Å². The normalized spacial score (nSPS) is 35.4. The van der Waals surface area contributed by atoms with Crippen molar-refractivity contribution < 1.29 is 24.2 Å². The van der Waals surface area contributed by atoms with Crippen LogP contribution in [0.4, 0.5) is 0 Å². The van der Waals surface area contributed by atoms with E-state index in [0.29, 0.717) is 19.4 Å². The first-order valence-corrected chi connectivity index (χ1v) is 12.2. The molecule has 3 fully saturated rings. The zero-order chi connectivity index (χ0) is 22.1. The molecule has 2 amide bonds. The minimum Gasteiger partial charge on any atom is -0.466 e. The highest BCUT2D eigenvalue weighted by molar-refractivity contribution is 8.02. The highest BCUT2D eigenvalue weighted by Crippen LogP contribution is 2.71. The molecule has 30 heavy (non-hydrogen) atoms. The molecule has 2 bridgehead atoms. The number of aliphatic hydroxyl groups excluding tert-OH is 1. The van der Waals surface area contributed by atoms with Crippen LogP contribution in [-0.2, 0) is 19.1 Å². The molecule has 3 heterocycles. The number of thioether (sulfide) groups is 1. The summed E-state index contributed by atoms with van der Waals surface area (Å²) in [5, 5.41) is 13.0. The first-order chi connectivity index (χ1) is 14.3. The molecule has 0 aromatic heterocycles. The molecule has 2 N–H and O–H groups in total. The van der Waals surface area contributed by atoms with E-state index >= 15 is 0 Å². The van der Waals surface area contributed by atoms with Crippen LogP contribution in [0.15, 0.2) is 0 Å². The van der Waals surface area contributed by atoms with Crippen LogP contribution in [0.2, 0.25) is 0 Å². The van der Waals surface area contributed by atoms with Gasteiger partial charge in [0.15, 0.2) is 0 Å². The Bertz CT molecular complexity index is 684. The topological polar surface area (TPSA) is 95.9 Å². The van der Waals surface area contributed by atoms with E-state index in [2.05, 4.69) is 12.2 Å². The number of esters is 1. The van der Waals surface area contributed by atoms with Gasteiger partial charge in [-0.15, -0.1) is 11.8 Å². The van der Waals surface area contributed by atoms with Crippen LogP contribution in [0.3, 0.4) is 0 Å². The summed E-state index contributed by atoms with van der Waals surface area (Å²) in [5.74, 6) is -1.81. The van der Waals surface area contributed by atoms with Crippen molar-refractivity contribution in [2.75, 3.05) is 19.8 Å². The fraction of sp³-hybridized carbons (Fsp3) is 0.864. The number of nitrogens with one attached hydrogen (secondary N) is 1. The smallest absolute Gasteiger partial charge is 0.311 e. The maximum absolute atomic E-state index is 13.7. The van der Waals surface area contributed by atoms with E-state index in [9.17, 15) is 19.5 Å². The predicted octanol–water partition coefficient (Wildman–Crippen LogP) is 2.11. The lowest BCUT2D eigenvalue weighted by atomic mass is 9.66. The zero-order valence-electron chi connectivity index (χ0n) is 18.6. The minimum absolute atomic E-state index is 0.157. The third-order valence-electron chi connectivity index (χ3n) is 7.16. The summed E-state index contributed by atoms with van der Waals surface area (Å²) in [6.07, 6.45) is 5.03. The second kappa shape index (κ2) is 9.07. The number of fused-ring (bicyclic) bond motifs is 1. The molecule has 2 unspecified atom stereocenters. The van der Waals surface area contributed by atoms with Crippen LogP contribution in [-0.4, -0.2) is 69.1 Å². The highest BCUT2D eigenvalue weighted by atomic mass is 32.2. The average Bonchev–Trinajstić information content (AvgIpc) is 3.28. The molecule has 0 saturated carbocycles. The van der Waals surface area contributed by atoms with E-state index in [0.717, 1.165) is 25.7 Å². The summed E-state index contributed by atoms with van der Waals surface area (Å²) < 4.78 is 4.32. The van der Waals surface area contributed by atoms with Crippen molar-refractivity contribution in [3.8, 4) is 0 Å². The summed E-state index contributed by atoms with van der Waals surface area (Å²) in [5.41, 5.74) is 0. The van der Waals surface area contributed by atoms with E-state index in [1.807, 2.05) is 13.8 Å². The fourth-order valence-corrected chi connectivity index (χ4v) is 8.08. The van der Waals surface area contributed by atoms with Gasteiger partial charge in [0.25, 0.3) is 0 Å². The number of nitrogens with zero attached hydrogens (tertiary/aromatic N) is 1. The molecule has 3 saturated heterocycles. The zero-order valence-corrected chi connectivity index (χ0v) is 19.4. The number of amides is 2. The van der Waals surface area contributed by atoms with Crippen LogP contribution >= 0.6 is 11.8 Å². The predicted molar refractivity (Wildman–Crippen MR) is 116 cm³/mol. The van der Waals surface area contributed by atoms with Gasteiger partial charge in [-0.2, -0.15) is 0 Å². The van der Waals surface area contributed by atoms with Crippen LogP contribution in [0.25, 0.3) is 0 Å². The standard InChI is InChI=1S/C22H36N2O5S/c1-5-8-9-12-23-18(26)17-22-11-10-21(4,30-22)16(20(28)29-7-3)15(22)19(27)24(17)14(6-2)13-25/h14-17,25H,5-13H2,1-4H3,(H,23,26)/t14-,15-,16-,17?,21+,22?/m0/s1. The van der Waals surface area contributed by atoms with Gasteiger partial charge >= 0.3 is 5.97 Å². The van der Waals surface area contributed by atoms with Crippen LogP contribution in [0.1, 0.15) is 66.2 Å². The Morgan fingerprint density at radius 2 is 2.03 bits per heavy atom. The van der Waals surface area contributed by atoms with Gasteiger partial charge in [0.05, 0.1) is 35.8 Å². The van der Waals surface area contributed by atoms with E-state index < -0.39 is 33.4 Å². The molecule has 3 rings (SSSR count). The fourth-order valence-electron chi connectivity index (χ4n) is 5.74. The second-order valence-corrected chi connectivity index (χ2v) is 10.9. The Labute approximate surface area is 183 Å². The Kier molecular flexibility index (Phi) is 7.07. The summed E-state index contributed by atoms with van der Waals surface area (Å²) in [6.45, 7) is 8.46. The molecule has 3 aliphatic heterocycles. The number of hydrogen-bond donors (Lipinski definition) is 2. The van der Waals surface area contributed by atoms with Gasteiger partial charge in [-0.1, -0.05) is 26.7 Å². The van der Waals surface area contributed by atoms with Crippen LogP contribution in [0, 0.1) is 11.8 Å². The molecule has 0 aliphatic carbocycles. The lowest BCUT2D eigenvalue weighted by molar-refractivity contribution is -0.155. The molecule has 8 heteroatoms. The molecular formula is C22H36N2O5S. The first kappa shape index (κ1) is 23.4. The maximum atomic E-state index is 13.7. The van der Waals surface area contributed by atoms with Crippen molar-refractivity contribution in [2.45, 2.75) is 87.8 Å². The molecule has 170 valence electrons. The van der Waals surface area contributed by atoms with Crippen molar-refractivity contribution >= 4 is 29.5 Å². The number of rotatable bonds is 10. The highest BCUT2D eigenvalue weighted by Gasteiger charge is 2.77. The van der Waals surface area contributed by atoms with Crippen LogP contribution in [0.5, 0.6) is 0 Å². The summed E-state index contributed by atoms with van der Waals surface area (Å²) in [6, 6.07) is -1.10. The molecule has 6 atom stereocenters. The number of aliphatic hydroxyl groups is 1. The number of ether oxygens (including phenoxy) is 1. The van der Waals surface area contributed by atoms with Crippen LogP contribution < -0.4 is 5.32 Å². The molecule has 0 radical (unpaired) electrons. The lowest BCUT2D eigenvalue weighted by Crippen LogP contribution is -2.56. The van der Waals surface area contributed by atoms with Gasteiger partial charge < -0.3 is 20.1 Å². The van der Waals surface area contributed by atoms with Crippen molar-refractivity contribution in [3.05, 3.63) is 0 Å². The Morgan fingerprint density at radius 3 is 2.63 bits per heavy atom. The molecular weight excluding hydrogens is 404 g/mol. The average molecular weight is 441 g/mol. The van der Waals surface area contributed by atoms with E-state index in [1.54, 1.807) is 23.6 Å². The summed E-state index contributed by atoms with van der Waals surface area (Å²) in [7, 11) is 0. The lowest BCUT2D eigenvalue weighted by Gasteiger charge is -2.36. The van der Waals surface area contributed by atoms with E-state index in [-0.39, 0.29) is 31.0 Å². The minimum atomic E-state index is -0.667. The quantitative estimate of drug-likeness (QED) is 0.399. The second-order valence-electron chi connectivity index (χ2n) is 8.97. The Balaban J connectivity index is 1.98. The van der Waals surface area contributed by atoms with E-state index in [1.165, 1.54) is 0 Å². The third-order valence-corrected chi connectivity index (χ3v) is 9.14. The molecule has 1 spiro atoms. The van der Waals surface area contributed by atoms with Gasteiger partial charge in [0.1, 0.15) is 6.04 Å². The molecule has 7 nitrogen and oxygen atoms in total. The number of unbranched alkanes of at least 4 members (excludes halogenated alkanes) is 2. The first-order valence-electron chi connectivity index (χ1n) is 11.4. The molecule has 3 aliphatic rings. The van der Waals surface area contributed by atoms with E-state index in [4.69, 9.17) is 4.74 Å². The van der Waals surface area contributed by atoms with Crippen molar-refractivity contribution in [1.29, 1.82) is 0 Å². The Hall–Kier alpha value is -1.28. The van der Waals surface area contributed by atoms with Gasteiger partial charge in [-0.05, 0) is 39.5 Å². The van der Waals surface area contributed by atoms with Crippen molar-refractivity contribution in [2.24, 2.45) is 11.8 Å². The largest absolute Gasteiger partial charge is 0.466 e. The van der Waals surface area contributed by atoms with Gasteiger partial charge in [-0.3, -0.25) is 14.4 Å². The number of carbonyl (C=O) groups excluding carboxylic acids is 3. The monoisotopic (exact) mass is 440 g/mol. The number of likely N-dealkylation sites (tertiary alicyclic amines) is 1. The molecule has 0 aromatic carbocycles. The summed E-state index contributed by atoms with van der Waals surface area (Å²) in [4.78, 5) is 41.6.